The number of nitrogens with two attached hydrogens (primary N) is 1. The Balaban J connectivity index is 2.26. The molecule has 2 N–H and O–H groups in total. The van der Waals surface area contributed by atoms with Crippen LogP contribution in [0.3, 0.4) is 0 Å². The van der Waals surface area contributed by atoms with Crippen LogP contribution >= 0.6 is 0 Å². The van der Waals surface area contributed by atoms with E-state index < -0.39 is 0 Å². The highest BCUT2D eigenvalue weighted by Crippen LogP contribution is 2.24. The summed E-state index contributed by atoms with van der Waals surface area (Å²) in [5, 5.41) is 0. The molecule has 1 fully saturated rings. The van der Waals surface area contributed by atoms with Gasteiger partial charge in [-0.1, -0.05) is 13.8 Å². The van der Waals surface area contributed by atoms with Gasteiger partial charge < -0.3 is 10.6 Å². The van der Waals surface area contributed by atoms with Crippen LogP contribution in [0.1, 0.15) is 53.4 Å². The first-order valence-electron chi connectivity index (χ1n) is 6.43. The van der Waals surface area contributed by atoms with E-state index >= 15 is 0 Å². The monoisotopic (exact) mass is 212 g/mol. The average molecular weight is 212 g/mol. The molecule has 1 rings (SSSR count). The molecule has 1 atom stereocenters. The van der Waals surface area contributed by atoms with E-state index in [1.54, 1.807) is 0 Å². The smallest absolute Gasteiger partial charge is 0.0119 e. The van der Waals surface area contributed by atoms with E-state index in [0.29, 0.717) is 0 Å². The summed E-state index contributed by atoms with van der Waals surface area (Å²) in [5.74, 6) is 0.804. The first kappa shape index (κ1) is 13.0. The molecule has 0 radical (unpaired) electrons. The molecule has 1 heterocycles. The third-order valence-corrected chi connectivity index (χ3v) is 3.45. The summed E-state index contributed by atoms with van der Waals surface area (Å²) in [6.07, 6.45) is 5.15. The zero-order valence-corrected chi connectivity index (χ0v) is 10.9. The Morgan fingerprint density at radius 1 is 1.40 bits per heavy atom. The normalized spacial score (nSPS) is 24.0. The maximum atomic E-state index is 6.00. The molecule has 2 nitrogen and oxygen atoms in total. The van der Waals surface area contributed by atoms with Crippen molar-refractivity contribution in [2.75, 3.05) is 13.1 Å². The SMILES string of the molecule is CC(C)C1CCCN1CCCC(C)(C)N. The molecule has 0 aliphatic carbocycles. The predicted molar refractivity (Wildman–Crippen MR) is 66.9 cm³/mol. The van der Waals surface area contributed by atoms with Crippen LogP contribution in [0.5, 0.6) is 0 Å². The van der Waals surface area contributed by atoms with Gasteiger partial charge in [-0.3, -0.25) is 0 Å². The summed E-state index contributed by atoms with van der Waals surface area (Å²) in [4.78, 5) is 2.66. The number of likely N-dealkylation sites (tertiary alicyclic amines) is 1. The first-order chi connectivity index (χ1) is 6.90. The van der Waals surface area contributed by atoms with Crippen LogP contribution in [0.4, 0.5) is 0 Å². The molecule has 2 heteroatoms. The summed E-state index contributed by atoms with van der Waals surface area (Å²) in [5.41, 5.74) is 6.00. The van der Waals surface area contributed by atoms with Crippen molar-refractivity contribution >= 4 is 0 Å². The second kappa shape index (κ2) is 5.31. The Bertz CT molecular complexity index is 181. The van der Waals surface area contributed by atoms with Gasteiger partial charge in [0, 0.05) is 11.6 Å². The summed E-state index contributed by atoms with van der Waals surface area (Å²) in [7, 11) is 0. The average Bonchev–Trinajstić information content (AvgIpc) is 2.49. The largest absolute Gasteiger partial charge is 0.326 e. The Hall–Kier alpha value is -0.0800. The molecule has 0 aromatic heterocycles. The lowest BCUT2D eigenvalue weighted by Crippen LogP contribution is -2.36. The van der Waals surface area contributed by atoms with E-state index in [9.17, 15) is 0 Å². The van der Waals surface area contributed by atoms with Crippen LogP contribution in [-0.2, 0) is 0 Å². The highest BCUT2D eigenvalue weighted by atomic mass is 15.2. The van der Waals surface area contributed by atoms with Gasteiger partial charge in [-0.05, 0) is 58.5 Å². The summed E-state index contributed by atoms with van der Waals surface area (Å²) < 4.78 is 0. The lowest BCUT2D eigenvalue weighted by atomic mass is 9.99. The van der Waals surface area contributed by atoms with Gasteiger partial charge in [-0.2, -0.15) is 0 Å². The molecule has 15 heavy (non-hydrogen) atoms. The molecule has 1 aliphatic heterocycles. The molecule has 0 aromatic carbocycles. The van der Waals surface area contributed by atoms with Crippen LogP contribution in [-0.4, -0.2) is 29.6 Å². The van der Waals surface area contributed by atoms with E-state index in [1.165, 1.54) is 32.4 Å². The van der Waals surface area contributed by atoms with Gasteiger partial charge in [-0.15, -0.1) is 0 Å². The lowest BCUT2D eigenvalue weighted by Gasteiger charge is -2.28. The number of hydrogen-bond donors (Lipinski definition) is 1. The molecule has 0 aromatic rings. The van der Waals surface area contributed by atoms with E-state index in [2.05, 4.69) is 32.6 Å². The number of rotatable bonds is 5. The third kappa shape index (κ3) is 4.52. The van der Waals surface area contributed by atoms with Crippen molar-refractivity contribution in [3.05, 3.63) is 0 Å². The maximum absolute atomic E-state index is 6.00. The topological polar surface area (TPSA) is 29.3 Å². The quantitative estimate of drug-likeness (QED) is 0.759. The molecular weight excluding hydrogens is 184 g/mol. The summed E-state index contributed by atoms with van der Waals surface area (Å²) in [6, 6.07) is 0.825. The number of hydrogen-bond acceptors (Lipinski definition) is 2. The van der Waals surface area contributed by atoms with Gasteiger partial charge in [0.15, 0.2) is 0 Å². The highest BCUT2D eigenvalue weighted by Gasteiger charge is 2.26. The zero-order valence-electron chi connectivity index (χ0n) is 10.9. The summed E-state index contributed by atoms with van der Waals surface area (Å²) >= 11 is 0. The number of nitrogens with zero attached hydrogens (tertiary/aromatic N) is 1. The molecular formula is C13H28N2. The Morgan fingerprint density at radius 2 is 2.07 bits per heavy atom. The summed E-state index contributed by atoms with van der Waals surface area (Å²) in [6.45, 7) is 11.5. The van der Waals surface area contributed by atoms with Gasteiger partial charge in [0.05, 0.1) is 0 Å². The maximum Gasteiger partial charge on any atom is 0.0119 e. The molecule has 0 saturated carbocycles. The molecule has 0 bridgehead atoms. The fourth-order valence-electron chi connectivity index (χ4n) is 2.62. The minimum atomic E-state index is 0.00700. The zero-order chi connectivity index (χ0) is 11.5. The van der Waals surface area contributed by atoms with Gasteiger partial charge >= 0.3 is 0 Å². The lowest BCUT2D eigenvalue weighted by molar-refractivity contribution is 0.198. The van der Waals surface area contributed by atoms with Crippen LogP contribution < -0.4 is 5.73 Å². The van der Waals surface area contributed by atoms with E-state index in [0.717, 1.165) is 18.4 Å². The van der Waals surface area contributed by atoms with Crippen molar-refractivity contribution < 1.29 is 0 Å². The van der Waals surface area contributed by atoms with E-state index in [4.69, 9.17) is 5.73 Å². The molecule has 1 saturated heterocycles. The highest BCUT2D eigenvalue weighted by molar-refractivity contribution is 4.82. The Morgan fingerprint density at radius 3 is 2.60 bits per heavy atom. The standard InChI is InChI=1S/C13H28N2/c1-11(2)12-7-5-9-15(12)10-6-8-13(3,4)14/h11-12H,5-10,14H2,1-4H3. The van der Waals surface area contributed by atoms with Gasteiger partial charge in [0.25, 0.3) is 0 Å². The molecule has 90 valence electrons. The van der Waals surface area contributed by atoms with Gasteiger partial charge in [-0.25, -0.2) is 0 Å². The fourth-order valence-corrected chi connectivity index (χ4v) is 2.62. The van der Waals surface area contributed by atoms with Crippen molar-refractivity contribution in [1.82, 2.24) is 4.90 Å². The van der Waals surface area contributed by atoms with Crippen molar-refractivity contribution in [3.63, 3.8) is 0 Å². The molecule has 1 unspecified atom stereocenters. The van der Waals surface area contributed by atoms with Crippen LogP contribution in [0.25, 0.3) is 0 Å². The van der Waals surface area contributed by atoms with E-state index in [-0.39, 0.29) is 5.54 Å². The fraction of sp³-hybridized carbons (Fsp3) is 1.00. The molecule has 1 aliphatic rings. The second-order valence-electron chi connectivity index (χ2n) is 6.08. The van der Waals surface area contributed by atoms with Gasteiger partial charge in [0.2, 0.25) is 0 Å². The second-order valence-corrected chi connectivity index (χ2v) is 6.08. The minimum absolute atomic E-state index is 0.00700. The van der Waals surface area contributed by atoms with Gasteiger partial charge in [0.1, 0.15) is 0 Å². The third-order valence-electron chi connectivity index (χ3n) is 3.45. The van der Waals surface area contributed by atoms with Crippen LogP contribution in [0.2, 0.25) is 0 Å². The van der Waals surface area contributed by atoms with Crippen molar-refractivity contribution in [3.8, 4) is 0 Å². The molecule has 0 amide bonds. The van der Waals surface area contributed by atoms with E-state index in [1.807, 2.05) is 0 Å². The van der Waals surface area contributed by atoms with Crippen molar-refractivity contribution in [1.29, 1.82) is 0 Å². The minimum Gasteiger partial charge on any atom is -0.326 e. The van der Waals surface area contributed by atoms with Crippen LogP contribution in [0.15, 0.2) is 0 Å². The van der Waals surface area contributed by atoms with Crippen LogP contribution in [0, 0.1) is 5.92 Å². The first-order valence-corrected chi connectivity index (χ1v) is 6.43. The Kier molecular flexibility index (Phi) is 4.60. The van der Waals surface area contributed by atoms with Crippen molar-refractivity contribution in [2.24, 2.45) is 11.7 Å². The molecule has 0 spiro atoms. The Labute approximate surface area is 95.2 Å². The van der Waals surface area contributed by atoms with Crippen molar-refractivity contribution in [2.45, 2.75) is 65.0 Å². The predicted octanol–water partition coefficient (Wildman–Crippen LogP) is 2.62.